The lowest BCUT2D eigenvalue weighted by atomic mass is 10.2. The summed E-state index contributed by atoms with van der Waals surface area (Å²) in [5.74, 6) is 2.30. The summed E-state index contributed by atoms with van der Waals surface area (Å²) in [6.45, 7) is 0. The third kappa shape index (κ3) is 2.69. The summed E-state index contributed by atoms with van der Waals surface area (Å²) in [7, 11) is 3.54. The quantitative estimate of drug-likeness (QED) is 0.723. The monoisotopic (exact) mass is 343 g/mol. The van der Waals surface area contributed by atoms with Crippen molar-refractivity contribution in [1.29, 1.82) is 0 Å². The Labute approximate surface area is 131 Å². The SMILES string of the molecule is COc1cc(-c2nc(-c3ccccc3)nn2C)ccc1Br. The van der Waals surface area contributed by atoms with E-state index in [0.717, 1.165) is 33.0 Å². The van der Waals surface area contributed by atoms with Crippen LogP contribution in [0.2, 0.25) is 0 Å². The average molecular weight is 344 g/mol. The molecule has 1 aromatic heterocycles. The Kier molecular flexibility index (Phi) is 3.75. The van der Waals surface area contributed by atoms with Gasteiger partial charge in [-0.25, -0.2) is 9.67 Å². The molecule has 0 aliphatic heterocycles. The fourth-order valence-electron chi connectivity index (χ4n) is 2.14. The van der Waals surface area contributed by atoms with Gasteiger partial charge in [0.1, 0.15) is 5.75 Å². The average Bonchev–Trinajstić information content (AvgIpc) is 2.91. The molecule has 0 bridgehead atoms. The lowest BCUT2D eigenvalue weighted by Gasteiger charge is -2.05. The highest BCUT2D eigenvalue weighted by Crippen LogP contribution is 2.30. The van der Waals surface area contributed by atoms with Gasteiger partial charge in [0.15, 0.2) is 11.6 Å². The van der Waals surface area contributed by atoms with Crippen LogP contribution in [0.15, 0.2) is 53.0 Å². The first kappa shape index (κ1) is 13.8. The van der Waals surface area contributed by atoms with Crippen LogP contribution in [0.5, 0.6) is 5.75 Å². The minimum absolute atomic E-state index is 0.718. The van der Waals surface area contributed by atoms with Crippen LogP contribution in [0, 0.1) is 0 Å². The van der Waals surface area contributed by atoms with E-state index in [-0.39, 0.29) is 0 Å². The molecule has 2 aromatic carbocycles. The van der Waals surface area contributed by atoms with Crippen molar-refractivity contribution < 1.29 is 4.74 Å². The molecule has 5 heteroatoms. The lowest BCUT2D eigenvalue weighted by Crippen LogP contribution is -1.95. The maximum atomic E-state index is 5.33. The second-order valence-corrected chi connectivity index (χ2v) is 5.45. The van der Waals surface area contributed by atoms with Gasteiger partial charge in [-0.1, -0.05) is 30.3 Å². The number of aromatic nitrogens is 3. The molecule has 0 atom stereocenters. The standard InChI is InChI=1S/C16H14BrN3O/c1-20-16(12-8-9-13(17)14(10-12)21-2)18-15(19-20)11-6-4-3-5-7-11/h3-10H,1-2H3. The molecule has 3 rings (SSSR count). The van der Waals surface area contributed by atoms with Crippen LogP contribution < -0.4 is 4.74 Å². The van der Waals surface area contributed by atoms with Crippen molar-refractivity contribution in [2.75, 3.05) is 7.11 Å². The van der Waals surface area contributed by atoms with Crippen molar-refractivity contribution >= 4 is 15.9 Å². The number of methoxy groups -OCH3 is 1. The molecule has 0 spiro atoms. The van der Waals surface area contributed by atoms with Crippen LogP contribution in [0.4, 0.5) is 0 Å². The van der Waals surface area contributed by atoms with Crippen LogP contribution in [0.1, 0.15) is 0 Å². The highest BCUT2D eigenvalue weighted by molar-refractivity contribution is 9.10. The molecular formula is C16H14BrN3O. The summed E-state index contributed by atoms with van der Waals surface area (Å²) in [6.07, 6.45) is 0. The lowest BCUT2D eigenvalue weighted by molar-refractivity contribution is 0.412. The van der Waals surface area contributed by atoms with Gasteiger partial charge in [0.25, 0.3) is 0 Å². The molecule has 0 saturated carbocycles. The summed E-state index contributed by atoms with van der Waals surface area (Å²) in [4.78, 5) is 4.64. The number of benzene rings is 2. The van der Waals surface area contributed by atoms with Gasteiger partial charge in [-0.15, -0.1) is 0 Å². The van der Waals surface area contributed by atoms with Crippen molar-refractivity contribution in [3.05, 3.63) is 53.0 Å². The Bertz CT molecular complexity index is 768. The first-order valence-corrected chi connectivity index (χ1v) is 7.28. The van der Waals surface area contributed by atoms with E-state index in [1.54, 1.807) is 11.8 Å². The maximum Gasteiger partial charge on any atom is 0.181 e. The van der Waals surface area contributed by atoms with Crippen molar-refractivity contribution in [2.24, 2.45) is 7.05 Å². The molecular weight excluding hydrogens is 330 g/mol. The predicted molar refractivity (Wildman–Crippen MR) is 86.1 cm³/mol. The van der Waals surface area contributed by atoms with E-state index in [2.05, 4.69) is 26.0 Å². The van der Waals surface area contributed by atoms with Crippen LogP contribution in [0.3, 0.4) is 0 Å². The number of ether oxygens (including phenoxy) is 1. The van der Waals surface area contributed by atoms with Gasteiger partial charge in [-0.05, 0) is 34.1 Å². The summed E-state index contributed by atoms with van der Waals surface area (Å²) < 4.78 is 8.03. The molecule has 1 heterocycles. The highest BCUT2D eigenvalue weighted by atomic mass is 79.9. The van der Waals surface area contributed by atoms with Gasteiger partial charge >= 0.3 is 0 Å². The van der Waals surface area contributed by atoms with Crippen molar-refractivity contribution in [2.45, 2.75) is 0 Å². The zero-order valence-corrected chi connectivity index (χ0v) is 13.3. The molecule has 0 amide bonds. The predicted octanol–water partition coefficient (Wildman–Crippen LogP) is 3.92. The Hall–Kier alpha value is -2.14. The highest BCUT2D eigenvalue weighted by Gasteiger charge is 2.12. The van der Waals surface area contributed by atoms with E-state index in [4.69, 9.17) is 4.74 Å². The van der Waals surface area contributed by atoms with Gasteiger partial charge in [-0.3, -0.25) is 0 Å². The number of halogens is 1. The summed E-state index contributed by atoms with van der Waals surface area (Å²) >= 11 is 3.46. The van der Waals surface area contributed by atoms with Gasteiger partial charge in [-0.2, -0.15) is 5.10 Å². The number of hydrogen-bond donors (Lipinski definition) is 0. The third-order valence-electron chi connectivity index (χ3n) is 3.20. The summed E-state index contributed by atoms with van der Waals surface area (Å²) in [6, 6.07) is 15.8. The minimum atomic E-state index is 0.718. The molecule has 0 fully saturated rings. The van der Waals surface area contributed by atoms with Gasteiger partial charge < -0.3 is 4.74 Å². The fraction of sp³-hybridized carbons (Fsp3) is 0.125. The zero-order chi connectivity index (χ0) is 14.8. The minimum Gasteiger partial charge on any atom is -0.496 e. The molecule has 3 aromatic rings. The normalized spacial score (nSPS) is 10.6. The third-order valence-corrected chi connectivity index (χ3v) is 3.86. The molecule has 0 aliphatic rings. The van der Waals surface area contributed by atoms with Crippen LogP contribution in [-0.4, -0.2) is 21.9 Å². The molecule has 0 aliphatic carbocycles. The number of rotatable bonds is 3. The summed E-state index contributed by atoms with van der Waals surface area (Å²) in [5.41, 5.74) is 1.97. The Morgan fingerprint density at radius 3 is 2.52 bits per heavy atom. The zero-order valence-electron chi connectivity index (χ0n) is 11.7. The van der Waals surface area contributed by atoms with E-state index in [0.29, 0.717) is 0 Å². The van der Waals surface area contributed by atoms with Crippen molar-refractivity contribution in [3.8, 4) is 28.5 Å². The Balaban J connectivity index is 2.06. The van der Waals surface area contributed by atoms with E-state index >= 15 is 0 Å². The molecule has 0 N–H and O–H groups in total. The maximum absolute atomic E-state index is 5.33. The summed E-state index contributed by atoms with van der Waals surface area (Å²) in [5, 5.41) is 4.49. The van der Waals surface area contributed by atoms with Crippen molar-refractivity contribution in [3.63, 3.8) is 0 Å². The number of nitrogens with zero attached hydrogens (tertiary/aromatic N) is 3. The second-order valence-electron chi connectivity index (χ2n) is 4.60. The molecule has 0 saturated heterocycles. The first-order chi connectivity index (χ1) is 10.2. The van der Waals surface area contributed by atoms with E-state index in [1.165, 1.54) is 0 Å². The molecule has 0 unspecified atom stereocenters. The molecule has 4 nitrogen and oxygen atoms in total. The Morgan fingerprint density at radius 2 is 1.81 bits per heavy atom. The Morgan fingerprint density at radius 1 is 1.05 bits per heavy atom. The second kappa shape index (κ2) is 5.69. The van der Waals surface area contributed by atoms with E-state index in [9.17, 15) is 0 Å². The molecule has 106 valence electrons. The van der Waals surface area contributed by atoms with Gasteiger partial charge in [0, 0.05) is 18.2 Å². The smallest absolute Gasteiger partial charge is 0.181 e. The largest absolute Gasteiger partial charge is 0.496 e. The van der Waals surface area contributed by atoms with Crippen molar-refractivity contribution in [1.82, 2.24) is 14.8 Å². The first-order valence-electron chi connectivity index (χ1n) is 6.49. The molecule has 0 radical (unpaired) electrons. The van der Waals surface area contributed by atoms with Gasteiger partial charge in [0.2, 0.25) is 0 Å². The van der Waals surface area contributed by atoms with Crippen LogP contribution in [0.25, 0.3) is 22.8 Å². The van der Waals surface area contributed by atoms with Crippen LogP contribution in [-0.2, 0) is 7.05 Å². The van der Waals surface area contributed by atoms with Crippen LogP contribution >= 0.6 is 15.9 Å². The van der Waals surface area contributed by atoms with E-state index < -0.39 is 0 Å². The number of hydrogen-bond acceptors (Lipinski definition) is 3. The van der Waals surface area contributed by atoms with E-state index in [1.807, 2.05) is 55.6 Å². The number of aryl methyl sites for hydroxylation is 1. The van der Waals surface area contributed by atoms with Gasteiger partial charge in [0.05, 0.1) is 11.6 Å². The fourth-order valence-corrected chi connectivity index (χ4v) is 2.55. The topological polar surface area (TPSA) is 39.9 Å². The molecule has 21 heavy (non-hydrogen) atoms.